The molecule has 1 aliphatic rings. The summed E-state index contributed by atoms with van der Waals surface area (Å²) in [6.07, 6.45) is 8.61. The molecule has 1 aliphatic carbocycles. The topological polar surface area (TPSA) is 43.1 Å². The van der Waals surface area contributed by atoms with Crippen LogP contribution >= 0.6 is 0 Å². The van der Waals surface area contributed by atoms with Crippen molar-refractivity contribution in [3.05, 3.63) is 0 Å². The third-order valence-corrected chi connectivity index (χ3v) is 3.14. The highest BCUT2D eigenvalue weighted by molar-refractivity contribution is 5.79. The predicted octanol–water partition coefficient (Wildman–Crippen LogP) is 2.65. The molecule has 2 nitrogen and oxygen atoms in total. The molecule has 2 N–H and O–H groups in total. The smallest absolute Gasteiger partial charge is 0.134 e. The summed E-state index contributed by atoms with van der Waals surface area (Å²) in [5.74, 6) is 1.06. The van der Waals surface area contributed by atoms with Gasteiger partial charge in [0.1, 0.15) is 5.78 Å². The van der Waals surface area contributed by atoms with Gasteiger partial charge in [-0.2, -0.15) is 0 Å². The van der Waals surface area contributed by atoms with Crippen LogP contribution in [0.25, 0.3) is 0 Å². The van der Waals surface area contributed by atoms with Crippen LogP contribution in [0.1, 0.15) is 58.3 Å². The third-order valence-electron chi connectivity index (χ3n) is 3.14. The Morgan fingerprint density at radius 2 is 2.07 bits per heavy atom. The van der Waals surface area contributed by atoms with E-state index in [9.17, 15) is 4.79 Å². The van der Waals surface area contributed by atoms with E-state index in [2.05, 4.69) is 6.92 Å². The van der Waals surface area contributed by atoms with E-state index in [1.54, 1.807) is 0 Å². The van der Waals surface area contributed by atoms with Crippen molar-refractivity contribution >= 4 is 5.78 Å². The summed E-state index contributed by atoms with van der Waals surface area (Å²) < 4.78 is 0. The molecule has 82 valence electrons. The molecular formula is C12H23NO. The fraction of sp³-hybridized carbons (Fsp3) is 0.917. The van der Waals surface area contributed by atoms with E-state index in [1.807, 2.05) is 0 Å². The van der Waals surface area contributed by atoms with Gasteiger partial charge in [0.05, 0.1) is 0 Å². The Kier molecular flexibility index (Phi) is 5.16. The second-order valence-electron chi connectivity index (χ2n) is 4.65. The van der Waals surface area contributed by atoms with E-state index < -0.39 is 0 Å². The van der Waals surface area contributed by atoms with Crippen LogP contribution in [0.15, 0.2) is 0 Å². The van der Waals surface area contributed by atoms with Crippen LogP contribution in [0, 0.1) is 5.92 Å². The monoisotopic (exact) mass is 197 g/mol. The van der Waals surface area contributed by atoms with Gasteiger partial charge in [-0.25, -0.2) is 0 Å². The van der Waals surface area contributed by atoms with Crippen LogP contribution in [0.4, 0.5) is 0 Å². The minimum Gasteiger partial charge on any atom is -0.327 e. The summed E-state index contributed by atoms with van der Waals surface area (Å²) >= 11 is 0. The molecular weight excluding hydrogens is 174 g/mol. The average Bonchev–Trinajstić information content (AvgIpc) is 2.56. The Labute approximate surface area is 87.2 Å². The maximum Gasteiger partial charge on any atom is 0.134 e. The molecule has 2 heteroatoms. The van der Waals surface area contributed by atoms with Gasteiger partial charge in [0.15, 0.2) is 0 Å². The van der Waals surface area contributed by atoms with E-state index in [0.717, 1.165) is 19.3 Å². The maximum absolute atomic E-state index is 11.6. The zero-order valence-corrected chi connectivity index (χ0v) is 9.30. The number of nitrogens with two attached hydrogens (primary N) is 1. The molecule has 1 rings (SSSR count). The van der Waals surface area contributed by atoms with Gasteiger partial charge >= 0.3 is 0 Å². The first-order chi connectivity index (χ1) is 6.72. The fourth-order valence-corrected chi connectivity index (χ4v) is 2.39. The molecule has 1 saturated carbocycles. The van der Waals surface area contributed by atoms with Crippen LogP contribution in [0.3, 0.4) is 0 Å². The Morgan fingerprint density at radius 1 is 1.43 bits per heavy atom. The summed E-state index contributed by atoms with van der Waals surface area (Å²) in [5, 5.41) is 0. The van der Waals surface area contributed by atoms with Gasteiger partial charge in [0.2, 0.25) is 0 Å². The zero-order valence-electron chi connectivity index (χ0n) is 9.30. The molecule has 0 aromatic heterocycles. The van der Waals surface area contributed by atoms with Crippen molar-refractivity contribution in [2.75, 3.05) is 0 Å². The van der Waals surface area contributed by atoms with E-state index in [1.165, 1.54) is 25.7 Å². The zero-order chi connectivity index (χ0) is 10.4. The first-order valence-corrected chi connectivity index (χ1v) is 5.99. The summed E-state index contributed by atoms with van der Waals surface area (Å²) in [5.41, 5.74) is 5.84. The molecule has 0 aromatic carbocycles. The number of carbonyl (C=O) groups excluding carboxylic acids is 1. The van der Waals surface area contributed by atoms with Crippen LogP contribution in [-0.4, -0.2) is 11.8 Å². The van der Waals surface area contributed by atoms with E-state index in [0.29, 0.717) is 18.1 Å². The molecule has 0 aliphatic heterocycles. The summed E-state index contributed by atoms with van der Waals surface area (Å²) in [4.78, 5) is 11.6. The lowest BCUT2D eigenvalue weighted by Gasteiger charge is -2.11. The largest absolute Gasteiger partial charge is 0.327 e. The van der Waals surface area contributed by atoms with E-state index in [-0.39, 0.29) is 6.04 Å². The minimum absolute atomic E-state index is 0.105. The molecule has 0 spiro atoms. The minimum atomic E-state index is 0.105. The number of hydrogen-bond donors (Lipinski definition) is 1. The standard InChI is InChI=1S/C12H23NO/c1-2-5-11(13)9-12(14)8-10-6-3-4-7-10/h10-11H,2-9,13H2,1H3. The SMILES string of the molecule is CCCC(N)CC(=O)CC1CCCC1. The van der Waals surface area contributed by atoms with Gasteiger partial charge in [-0.3, -0.25) is 4.79 Å². The summed E-state index contributed by atoms with van der Waals surface area (Å²) in [7, 11) is 0. The predicted molar refractivity (Wildman–Crippen MR) is 59.1 cm³/mol. The van der Waals surface area contributed by atoms with Gasteiger partial charge in [0, 0.05) is 18.9 Å². The average molecular weight is 197 g/mol. The Morgan fingerprint density at radius 3 is 2.64 bits per heavy atom. The normalized spacial score (nSPS) is 19.9. The van der Waals surface area contributed by atoms with Crippen LogP contribution < -0.4 is 5.73 Å². The second kappa shape index (κ2) is 6.18. The first-order valence-electron chi connectivity index (χ1n) is 5.99. The van der Waals surface area contributed by atoms with E-state index in [4.69, 9.17) is 5.73 Å². The molecule has 0 aromatic rings. The molecule has 14 heavy (non-hydrogen) atoms. The highest BCUT2D eigenvalue weighted by atomic mass is 16.1. The van der Waals surface area contributed by atoms with Crippen molar-refractivity contribution in [2.45, 2.75) is 64.3 Å². The van der Waals surface area contributed by atoms with Crippen LogP contribution in [0.2, 0.25) is 0 Å². The van der Waals surface area contributed by atoms with Gasteiger partial charge in [-0.15, -0.1) is 0 Å². The number of rotatable bonds is 6. The van der Waals surface area contributed by atoms with Crippen molar-refractivity contribution in [3.63, 3.8) is 0 Å². The molecule has 0 saturated heterocycles. The fourth-order valence-electron chi connectivity index (χ4n) is 2.39. The first kappa shape index (κ1) is 11.7. The highest BCUT2D eigenvalue weighted by Crippen LogP contribution is 2.28. The lowest BCUT2D eigenvalue weighted by molar-refractivity contribution is -0.120. The summed E-state index contributed by atoms with van der Waals surface area (Å²) in [6.45, 7) is 2.11. The van der Waals surface area contributed by atoms with Crippen molar-refractivity contribution in [1.82, 2.24) is 0 Å². The van der Waals surface area contributed by atoms with Gasteiger partial charge in [-0.1, -0.05) is 39.0 Å². The molecule has 0 amide bonds. The molecule has 0 bridgehead atoms. The molecule has 1 atom stereocenters. The Hall–Kier alpha value is -0.370. The van der Waals surface area contributed by atoms with Crippen molar-refractivity contribution in [2.24, 2.45) is 11.7 Å². The van der Waals surface area contributed by atoms with Gasteiger partial charge in [-0.05, 0) is 12.3 Å². The number of ketones is 1. The third kappa shape index (κ3) is 4.23. The van der Waals surface area contributed by atoms with Crippen LogP contribution in [-0.2, 0) is 4.79 Å². The van der Waals surface area contributed by atoms with Crippen LogP contribution in [0.5, 0.6) is 0 Å². The van der Waals surface area contributed by atoms with Gasteiger partial charge in [0.25, 0.3) is 0 Å². The van der Waals surface area contributed by atoms with Crippen molar-refractivity contribution in [1.29, 1.82) is 0 Å². The number of carbonyl (C=O) groups is 1. The molecule has 1 unspecified atom stereocenters. The lowest BCUT2D eigenvalue weighted by Crippen LogP contribution is -2.24. The molecule has 0 radical (unpaired) electrons. The van der Waals surface area contributed by atoms with Crippen molar-refractivity contribution in [3.8, 4) is 0 Å². The molecule has 1 fully saturated rings. The Balaban J connectivity index is 2.14. The molecule has 0 heterocycles. The number of Topliss-reactive ketones (excluding diaryl/α,β-unsaturated/α-hetero) is 1. The number of hydrogen-bond acceptors (Lipinski definition) is 2. The van der Waals surface area contributed by atoms with Gasteiger partial charge < -0.3 is 5.73 Å². The quantitative estimate of drug-likeness (QED) is 0.711. The highest BCUT2D eigenvalue weighted by Gasteiger charge is 2.19. The van der Waals surface area contributed by atoms with Crippen molar-refractivity contribution < 1.29 is 4.79 Å². The van der Waals surface area contributed by atoms with E-state index >= 15 is 0 Å². The lowest BCUT2D eigenvalue weighted by atomic mass is 9.96. The second-order valence-corrected chi connectivity index (χ2v) is 4.65. The summed E-state index contributed by atoms with van der Waals surface area (Å²) in [6, 6.07) is 0.105. The maximum atomic E-state index is 11.6. The Bertz CT molecular complexity index is 173.